The van der Waals surface area contributed by atoms with Crippen molar-refractivity contribution in [2.24, 2.45) is 11.7 Å². The van der Waals surface area contributed by atoms with Gasteiger partial charge in [0.25, 0.3) is 0 Å². The Morgan fingerprint density at radius 2 is 2.12 bits per heavy atom. The molecule has 1 heterocycles. The van der Waals surface area contributed by atoms with Gasteiger partial charge in [0.1, 0.15) is 0 Å². The Morgan fingerprint density at radius 3 is 2.62 bits per heavy atom. The van der Waals surface area contributed by atoms with Gasteiger partial charge in [-0.25, -0.2) is 0 Å². The molecule has 1 atom stereocenters. The zero-order valence-corrected chi connectivity index (χ0v) is 8.81. The van der Waals surface area contributed by atoms with Crippen molar-refractivity contribution in [2.75, 3.05) is 26.2 Å². The lowest BCUT2D eigenvalue weighted by atomic mass is 10.1. The van der Waals surface area contributed by atoms with Gasteiger partial charge in [-0.05, 0) is 6.42 Å². The highest BCUT2D eigenvalue weighted by atomic mass is 16.4. The van der Waals surface area contributed by atoms with Crippen LogP contribution in [-0.4, -0.2) is 54.0 Å². The number of carbonyl (C=O) groups excluding carboxylic acids is 2. The van der Waals surface area contributed by atoms with Gasteiger partial charge in [-0.3, -0.25) is 14.4 Å². The van der Waals surface area contributed by atoms with Gasteiger partial charge in [-0.2, -0.15) is 0 Å². The quantitative estimate of drug-likeness (QED) is 0.516. The Balaban J connectivity index is 2.34. The van der Waals surface area contributed by atoms with Crippen LogP contribution < -0.4 is 11.1 Å². The molecule has 0 aliphatic carbocycles. The topological polar surface area (TPSA) is 113 Å². The first-order valence-electron chi connectivity index (χ1n) is 5.02. The Bertz CT molecular complexity index is 305. The molecule has 1 rings (SSSR count). The third-order valence-electron chi connectivity index (χ3n) is 2.51. The highest BCUT2D eigenvalue weighted by molar-refractivity contribution is 5.86. The van der Waals surface area contributed by atoms with E-state index in [9.17, 15) is 14.4 Å². The van der Waals surface area contributed by atoms with Gasteiger partial charge in [0, 0.05) is 13.1 Å². The lowest BCUT2D eigenvalue weighted by Crippen LogP contribution is -2.41. The number of aliphatic carboxylic acids is 1. The van der Waals surface area contributed by atoms with E-state index in [0.29, 0.717) is 13.0 Å². The molecule has 1 fully saturated rings. The summed E-state index contributed by atoms with van der Waals surface area (Å²) in [5.41, 5.74) is 5.06. The number of likely N-dealkylation sites (tertiary alicyclic amines) is 1. The van der Waals surface area contributed by atoms with Crippen molar-refractivity contribution in [2.45, 2.75) is 6.42 Å². The number of amides is 2. The zero-order valence-electron chi connectivity index (χ0n) is 8.81. The molecule has 0 aromatic rings. The number of nitrogens with zero attached hydrogens (tertiary/aromatic N) is 1. The Kier molecular flexibility index (Phi) is 4.24. The average Bonchev–Trinajstić information content (AvgIpc) is 2.74. The average molecular weight is 229 g/mol. The molecule has 4 N–H and O–H groups in total. The lowest BCUT2D eigenvalue weighted by Gasteiger charge is -2.15. The standard InChI is InChI=1S/C9H15N3O4/c10-3-7(13)11-4-8(14)12-2-1-6(5-12)9(15)16/h6H,1-5,10H2,(H,11,13)(H,15,16). The van der Waals surface area contributed by atoms with Crippen LogP contribution in [0.15, 0.2) is 0 Å². The van der Waals surface area contributed by atoms with E-state index in [1.807, 2.05) is 0 Å². The largest absolute Gasteiger partial charge is 0.481 e. The van der Waals surface area contributed by atoms with E-state index in [1.54, 1.807) is 0 Å². The summed E-state index contributed by atoms with van der Waals surface area (Å²) in [7, 11) is 0. The first-order chi connectivity index (χ1) is 7.54. The molecule has 0 bridgehead atoms. The van der Waals surface area contributed by atoms with Gasteiger partial charge in [-0.1, -0.05) is 0 Å². The number of hydrogen-bond acceptors (Lipinski definition) is 4. The van der Waals surface area contributed by atoms with Crippen LogP contribution in [0.5, 0.6) is 0 Å². The smallest absolute Gasteiger partial charge is 0.308 e. The lowest BCUT2D eigenvalue weighted by molar-refractivity contribution is -0.141. The second-order valence-electron chi connectivity index (χ2n) is 3.64. The van der Waals surface area contributed by atoms with Crippen molar-refractivity contribution in [1.29, 1.82) is 0 Å². The maximum atomic E-state index is 11.5. The van der Waals surface area contributed by atoms with E-state index < -0.39 is 17.8 Å². The van der Waals surface area contributed by atoms with Crippen LogP contribution in [0.2, 0.25) is 0 Å². The van der Waals surface area contributed by atoms with Gasteiger partial charge < -0.3 is 21.1 Å². The van der Waals surface area contributed by atoms with E-state index in [-0.39, 0.29) is 25.5 Å². The molecule has 90 valence electrons. The van der Waals surface area contributed by atoms with Gasteiger partial charge in [-0.15, -0.1) is 0 Å². The molecule has 1 saturated heterocycles. The van der Waals surface area contributed by atoms with Crippen molar-refractivity contribution < 1.29 is 19.5 Å². The van der Waals surface area contributed by atoms with Gasteiger partial charge in [0.15, 0.2) is 0 Å². The molecule has 7 nitrogen and oxygen atoms in total. The molecule has 1 aliphatic heterocycles. The summed E-state index contributed by atoms with van der Waals surface area (Å²) in [6, 6.07) is 0. The van der Waals surface area contributed by atoms with Crippen LogP contribution in [-0.2, 0) is 14.4 Å². The van der Waals surface area contributed by atoms with Gasteiger partial charge in [0.2, 0.25) is 11.8 Å². The summed E-state index contributed by atoms with van der Waals surface area (Å²) in [4.78, 5) is 34.4. The second kappa shape index (κ2) is 5.45. The Morgan fingerprint density at radius 1 is 1.44 bits per heavy atom. The monoisotopic (exact) mass is 229 g/mol. The highest BCUT2D eigenvalue weighted by Gasteiger charge is 2.30. The minimum absolute atomic E-state index is 0.123. The molecule has 1 aliphatic rings. The Hall–Kier alpha value is -1.63. The summed E-state index contributed by atoms with van der Waals surface area (Å²) in [5.74, 6) is -2.05. The van der Waals surface area contributed by atoms with Crippen molar-refractivity contribution in [3.8, 4) is 0 Å². The van der Waals surface area contributed by atoms with Crippen molar-refractivity contribution >= 4 is 17.8 Å². The molecule has 0 saturated carbocycles. The fourth-order valence-corrected chi connectivity index (χ4v) is 1.55. The number of nitrogens with two attached hydrogens (primary N) is 1. The number of carbonyl (C=O) groups is 3. The minimum atomic E-state index is -0.888. The zero-order chi connectivity index (χ0) is 12.1. The second-order valence-corrected chi connectivity index (χ2v) is 3.64. The number of carboxylic acid groups (broad SMARTS) is 1. The number of hydrogen-bond donors (Lipinski definition) is 3. The van der Waals surface area contributed by atoms with E-state index in [4.69, 9.17) is 10.8 Å². The summed E-state index contributed by atoms with van der Waals surface area (Å²) < 4.78 is 0. The van der Waals surface area contributed by atoms with Crippen molar-refractivity contribution in [3.63, 3.8) is 0 Å². The van der Waals surface area contributed by atoms with E-state index in [2.05, 4.69) is 5.32 Å². The number of carboxylic acids is 1. The Labute approximate surface area is 92.6 Å². The summed E-state index contributed by atoms with van der Waals surface area (Å²) in [6.07, 6.45) is 0.464. The first-order valence-corrected chi connectivity index (χ1v) is 5.02. The van der Waals surface area contributed by atoms with Crippen LogP contribution >= 0.6 is 0 Å². The number of rotatable bonds is 4. The molecule has 7 heteroatoms. The molecular formula is C9H15N3O4. The molecule has 0 radical (unpaired) electrons. The normalized spacial score (nSPS) is 19.6. The van der Waals surface area contributed by atoms with Crippen LogP contribution in [0, 0.1) is 5.92 Å². The first kappa shape index (κ1) is 12.4. The van der Waals surface area contributed by atoms with Crippen molar-refractivity contribution in [3.05, 3.63) is 0 Å². The SMILES string of the molecule is NCC(=O)NCC(=O)N1CCC(C(=O)O)C1. The van der Waals surface area contributed by atoms with E-state index in [0.717, 1.165) is 0 Å². The predicted molar refractivity (Wildman–Crippen MR) is 54.4 cm³/mol. The van der Waals surface area contributed by atoms with Crippen LogP contribution in [0.1, 0.15) is 6.42 Å². The van der Waals surface area contributed by atoms with Crippen molar-refractivity contribution in [1.82, 2.24) is 10.2 Å². The minimum Gasteiger partial charge on any atom is -0.481 e. The molecular weight excluding hydrogens is 214 g/mol. The van der Waals surface area contributed by atoms with Crippen LogP contribution in [0.25, 0.3) is 0 Å². The fourth-order valence-electron chi connectivity index (χ4n) is 1.55. The summed E-state index contributed by atoms with van der Waals surface area (Å²) >= 11 is 0. The van der Waals surface area contributed by atoms with E-state index >= 15 is 0 Å². The third-order valence-corrected chi connectivity index (χ3v) is 2.51. The summed E-state index contributed by atoms with van der Waals surface area (Å²) in [6.45, 7) is 0.356. The third kappa shape index (κ3) is 3.20. The van der Waals surface area contributed by atoms with Crippen LogP contribution in [0.3, 0.4) is 0 Å². The maximum Gasteiger partial charge on any atom is 0.308 e. The summed E-state index contributed by atoms with van der Waals surface area (Å²) in [5, 5.41) is 11.1. The molecule has 1 unspecified atom stereocenters. The molecule has 2 amide bonds. The van der Waals surface area contributed by atoms with E-state index in [1.165, 1.54) is 4.90 Å². The van der Waals surface area contributed by atoms with Gasteiger partial charge >= 0.3 is 5.97 Å². The molecule has 0 aromatic heterocycles. The molecule has 0 spiro atoms. The van der Waals surface area contributed by atoms with Gasteiger partial charge in [0.05, 0.1) is 19.0 Å². The molecule has 16 heavy (non-hydrogen) atoms. The number of nitrogens with one attached hydrogen (secondary N) is 1. The highest BCUT2D eigenvalue weighted by Crippen LogP contribution is 2.15. The van der Waals surface area contributed by atoms with Crippen LogP contribution in [0.4, 0.5) is 0 Å². The molecule has 0 aromatic carbocycles. The maximum absolute atomic E-state index is 11.5. The fraction of sp³-hybridized carbons (Fsp3) is 0.667. The predicted octanol–water partition coefficient (Wildman–Crippen LogP) is -2.01.